The van der Waals surface area contributed by atoms with Crippen LogP contribution in [0.1, 0.15) is 43.3 Å². The molecule has 1 aromatic carbocycles. The average Bonchev–Trinajstić information content (AvgIpc) is 2.81. The SMILES string of the molecule is CCNCc1ccc(C)cc1-c1c(CC)nn(C)c1CC. The van der Waals surface area contributed by atoms with Gasteiger partial charge in [0, 0.05) is 24.8 Å². The van der Waals surface area contributed by atoms with E-state index in [1.165, 1.54) is 33.6 Å². The molecule has 0 unspecified atom stereocenters. The van der Waals surface area contributed by atoms with Crippen molar-refractivity contribution in [3.8, 4) is 11.1 Å². The van der Waals surface area contributed by atoms with Crippen LogP contribution in [0.5, 0.6) is 0 Å². The van der Waals surface area contributed by atoms with Gasteiger partial charge in [0.25, 0.3) is 0 Å². The van der Waals surface area contributed by atoms with Gasteiger partial charge in [0.1, 0.15) is 0 Å². The molecular weight excluding hydrogens is 258 g/mol. The fraction of sp³-hybridized carbons (Fsp3) is 0.500. The van der Waals surface area contributed by atoms with Gasteiger partial charge in [-0.15, -0.1) is 0 Å². The van der Waals surface area contributed by atoms with E-state index in [1.807, 2.05) is 4.68 Å². The van der Waals surface area contributed by atoms with Crippen LogP contribution >= 0.6 is 0 Å². The smallest absolute Gasteiger partial charge is 0.0703 e. The van der Waals surface area contributed by atoms with Gasteiger partial charge in [-0.1, -0.05) is 44.5 Å². The molecule has 114 valence electrons. The molecule has 3 heteroatoms. The standard InChI is InChI=1S/C18H27N3/c1-6-16-18(17(7-2)21(5)20-16)15-11-13(4)9-10-14(15)12-19-8-3/h9-11,19H,6-8,12H2,1-5H3. The predicted molar refractivity (Wildman–Crippen MR) is 89.5 cm³/mol. The number of hydrogen-bond donors (Lipinski definition) is 1. The van der Waals surface area contributed by atoms with Crippen molar-refractivity contribution in [1.82, 2.24) is 15.1 Å². The maximum absolute atomic E-state index is 4.72. The molecule has 2 rings (SSSR count). The molecule has 1 N–H and O–H groups in total. The van der Waals surface area contributed by atoms with Crippen LogP contribution in [-0.2, 0) is 26.4 Å². The Kier molecular flexibility index (Phi) is 5.18. The first-order valence-corrected chi connectivity index (χ1v) is 7.97. The van der Waals surface area contributed by atoms with E-state index < -0.39 is 0 Å². The Labute approximate surface area is 128 Å². The minimum atomic E-state index is 0.910. The van der Waals surface area contributed by atoms with Crippen LogP contribution in [0, 0.1) is 6.92 Å². The quantitative estimate of drug-likeness (QED) is 0.878. The van der Waals surface area contributed by atoms with Crippen LogP contribution in [0.3, 0.4) is 0 Å². The van der Waals surface area contributed by atoms with E-state index in [9.17, 15) is 0 Å². The second-order valence-electron chi connectivity index (χ2n) is 5.54. The number of nitrogens with one attached hydrogen (secondary N) is 1. The number of hydrogen-bond acceptors (Lipinski definition) is 2. The van der Waals surface area contributed by atoms with E-state index >= 15 is 0 Å². The Morgan fingerprint density at radius 2 is 1.90 bits per heavy atom. The van der Waals surface area contributed by atoms with Crippen molar-refractivity contribution >= 4 is 0 Å². The monoisotopic (exact) mass is 285 g/mol. The molecule has 21 heavy (non-hydrogen) atoms. The Morgan fingerprint density at radius 3 is 2.52 bits per heavy atom. The van der Waals surface area contributed by atoms with E-state index in [1.54, 1.807) is 0 Å². The summed E-state index contributed by atoms with van der Waals surface area (Å²) < 4.78 is 2.05. The average molecular weight is 285 g/mol. The van der Waals surface area contributed by atoms with Gasteiger partial charge in [0.15, 0.2) is 0 Å². The highest BCUT2D eigenvalue weighted by Gasteiger charge is 2.18. The Morgan fingerprint density at radius 1 is 1.14 bits per heavy atom. The number of aryl methyl sites for hydroxylation is 3. The molecule has 1 heterocycles. The third-order valence-corrected chi connectivity index (χ3v) is 4.01. The lowest BCUT2D eigenvalue weighted by Gasteiger charge is -2.13. The molecule has 3 nitrogen and oxygen atoms in total. The van der Waals surface area contributed by atoms with Gasteiger partial charge in [-0.3, -0.25) is 4.68 Å². The summed E-state index contributed by atoms with van der Waals surface area (Å²) in [6.45, 7) is 10.6. The molecule has 0 aliphatic heterocycles. The molecule has 0 saturated heterocycles. The summed E-state index contributed by atoms with van der Waals surface area (Å²) in [5.74, 6) is 0. The molecule has 0 spiro atoms. The van der Waals surface area contributed by atoms with Crippen molar-refractivity contribution in [2.24, 2.45) is 7.05 Å². The minimum Gasteiger partial charge on any atom is -0.313 e. The summed E-state index contributed by atoms with van der Waals surface area (Å²) >= 11 is 0. The number of benzene rings is 1. The molecule has 0 aliphatic carbocycles. The van der Waals surface area contributed by atoms with Crippen LogP contribution in [-0.4, -0.2) is 16.3 Å². The van der Waals surface area contributed by atoms with Gasteiger partial charge >= 0.3 is 0 Å². The first kappa shape index (κ1) is 15.8. The number of aromatic nitrogens is 2. The Bertz CT molecular complexity index is 611. The second kappa shape index (κ2) is 6.90. The van der Waals surface area contributed by atoms with E-state index in [2.05, 4.69) is 58.3 Å². The Hall–Kier alpha value is -1.61. The van der Waals surface area contributed by atoms with E-state index in [0.29, 0.717) is 0 Å². The van der Waals surface area contributed by atoms with Gasteiger partial charge in [0.2, 0.25) is 0 Å². The molecule has 0 fully saturated rings. The molecule has 0 aliphatic rings. The number of nitrogens with zero attached hydrogens (tertiary/aromatic N) is 2. The third kappa shape index (κ3) is 3.18. The van der Waals surface area contributed by atoms with Crippen molar-refractivity contribution < 1.29 is 0 Å². The molecule has 0 radical (unpaired) electrons. The van der Waals surface area contributed by atoms with Gasteiger partial charge in [-0.05, 0) is 37.4 Å². The van der Waals surface area contributed by atoms with Gasteiger partial charge in [-0.25, -0.2) is 0 Å². The first-order chi connectivity index (χ1) is 10.1. The fourth-order valence-electron chi connectivity index (χ4n) is 2.92. The lowest BCUT2D eigenvalue weighted by molar-refractivity contribution is 0.705. The summed E-state index contributed by atoms with van der Waals surface area (Å²) in [5.41, 5.74) is 7.89. The molecule has 1 aromatic heterocycles. The maximum atomic E-state index is 4.72. The molecule has 0 saturated carbocycles. The van der Waals surface area contributed by atoms with E-state index in [4.69, 9.17) is 5.10 Å². The van der Waals surface area contributed by atoms with Gasteiger partial charge in [0.05, 0.1) is 5.69 Å². The molecule has 2 aromatic rings. The Balaban J connectivity index is 2.62. The van der Waals surface area contributed by atoms with Gasteiger partial charge < -0.3 is 5.32 Å². The summed E-state index contributed by atoms with van der Waals surface area (Å²) in [4.78, 5) is 0. The fourth-order valence-corrected chi connectivity index (χ4v) is 2.92. The zero-order chi connectivity index (χ0) is 15.4. The molecule has 0 amide bonds. The second-order valence-corrected chi connectivity index (χ2v) is 5.54. The van der Waals surface area contributed by atoms with Crippen molar-refractivity contribution in [3.05, 3.63) is 40.7 Å². The normalized spacial score (nSPS) is 11.1. The van der Waals surface area contributed by atoms with Gasteiger partial charge in [-0.2, -0.15) is 5.10 Å². The molecule has 0 bridgehead atoms. The van der Waals surface area contributed by atoms with E-state index in [-0.39, 0.29) is 0 Å². The maximum Gasteiger partial charge on any atom is 0.0703 e. The largest absolute Gasteiger partial charge is 0.313 e. The van der Waals surface area contributed by atoms with Crippen molar-refractivity contribution in [3.63, 3.8) is 0 Å². The van der Waals surface area contributed by atoms with Crippen LogP contribution in [0.2, 0.25) is 0 Å². The summed E-state index contributed by atoms with van der Waals surface area (Å²) in [5, 5.41) is 8.17. The minimum absolute atomic E-state index is 0.910. The zero-order valence-electron chi connectivity index (χ0n) is 14.0. The van der Waals surface area contributed by atoms with E-state index in [0.717, 1.165) is 25.9 Å². The summed E-state index contributed by atoms with van der Waals surface area (Å²) in [6.07, 6.45) is 1.98. The lowest BCUT2D eigenvalue weighted by atomic mass is 9.94. The molecule has 0 atom stereocenters. The zero-order valence-corrected chi connectivity index (χ0v) is 14.0. The lowest BCUT2D eigenvalue weighted by Crippen LogP contribution is -2.13. The summed E-state index contributed by atoms with van der Waals surface area (Å²) in [7, 11) is 2.06. The van der Waals surface area contributed by atoms with Crippen molar-refractivity contribution in [2.75, 3.05) is 6.54 Å². The van der Waals surface area contributed by atoms with Crippen LogP contribution in [0.25, 0.3) is 11.1 Å². The van der Waals surface area contributed by atoms with Crippen molar-refractivity contribution in [1.29, 1.82) is 0 Å². The van der Waals surface area contributed by atoms with Crippen LogP contribution < -0.4 is 5.32 Å². The first-order valence-electron chi connectivity index (χ1n) is 7.97. The number of rotatable bonds is 6. The highest BCUT2D eigenvalue weighted by molar-refractivity contribution is 5.73. The van der Waals surface area contributed by atoms with Crippen LogP contribution in [0.15, 0.2) is 18.2 Å². The van der Waals surface area contributed by atoms with Crippen molar-refractivity contribution in [2.45, 2.75) is 47.1 Å². The highest BCUT2D eigenvalue weighted by atomic mass is 15.3. The summed E-state index contributed by atoms with van der Waals surface area (Å²) in [6, 6.07) is 6.75. The predicted octanol–water partition coefficient (Wildman–Crippen LogP) is 3.63. The third-order valence-electron chi connectivity index (χ3n) is 4.01. The topological polar surface area (TPSA) is 29.9 Å². The molecular formula is C18H27N3. The van der Waals surface area contributed by atoms with Crippen LogP contribution in [0.4, 0.5) is 0 Å². The highest BCUT2D eigenvalue weighted by Crippen LogP contribution is 2.32.